The Hall–Kier alpha value is -3.91. The van der Waals surface area contributed by atoms with Crippen molar-refractivity contribution in [2.75, 3.05) is 57.6 Å². The van der Waals surface area contributed by atoms with Crippen LogP contribution in [0.2, 0.25) is 0 Å². The molecule has 0 bridgehead atoms. The number of hydrogen-bond acceptors (Lipinski definition) is 8. The summed E-state index contributed by atoms with van der Waals surface area (Å²) in [6, 6.07) is 12.6. The molecule has 2 aliphatic rings. The molecule has 1 aliphatic heterocycles. The third kappa shape index (κ3) is 5.09. The Bertz CT molecular complexity index is 1390. The second-order valence-electron chi connectivity index (χ2n) is 10.2. The number of rotatable bonds is 6. The summed E-state index contributed by atoms with van der Waals surface area (Å²) in [6.07, 6.45) is 3.30. The summed E-state index contributed by atoms with van der Waals surface area (Å²) in [5.41, 5.74) is 9.62. The molecule has 1 saturated heterocycles. The Balaban J connectivity index is 1.50. The van der Waals surface area contributed by atoms with E-state index in [4.69, 9.17) is 15.1 Å². The number of likely N-dealkylation sites (N-methyl/N-ethyl adjacent to an activating group) is 1. The number of nitrogens with zero attached hydrogens (tertiary/aromatic N) is 4. The summed E-state index contributed by atoms with van der Waals surface area (Å²) in [6.45, 7) is 8.29. The van der Waals surface area contributed by atoms with Gasteiger partial charge in [-0.05, 0) is 57.0 Å². The van der Waals surface area contributed by atoms with Gasteiger partial charge in [-0.15, -0.1) is 0 Å². The van der Waals surface area contributed by atoms with E-state index in [2.05, 4.69) is 76.6 Å². The summed E-state index contributed by atoms with van der Waals surface area (Å²) in [5, 5.41) is 15.6. The second kappa shape index (κ2) is 10.8. The fourth-order valence-corrected chi connectivity index (χ4v) is 5.32. The number of anilines is 3. The monoisotopic (exact) mass is 511 g/mol. The lowest BCUT2D eigenvalue weighted by Gasteiger charge is -2.34. The van der Waals surface area contributed by atoms with E-state index in [-0.39, 0.29) is 0 Å². The van der Waals surface area contributed by atoms with Crippen LogP contribution in [-0.2, 0) is 6.42 Å². The number of benzene rings is 2. The maximum Gasteiger partial charge on any atom is 0.227 e. The predicted molar refractivity (Wildman–Crippen MR) is 156 cm³/mol. The number of fused-ring (bicyclic) bond motifs is 1. The zero-order valence-corrected chi connectivity index (χ0v) is 23.0. The van der Waals surface area contributed by atoms with Crippen molar-refractivity contribution >= 4 is 34.3 Å². The first kappa shape index (κ1) is 25.7. The molecule has 1 aliphatic carbocycles. The first-order valence-corrected chi connectivity index (χ1v) is 13.2. The zero-order chi connectivity index (χ0) is 26.8. The van der Waals surface area contributed by atoms with Crippen LogP contribution in [0.4, 0.5) is 17.3 Å². The molecule has 2 aromatic carbocycles. The highest BCUT2D eigenvalue weighted by atomic mass is 16.5. The SMILES string of the molecule is CN/C(=C1\C(=N)CCc2cnc(Nc3ccc(N4CCN(C)CC4)cc3OC)nc21)c1ccc(C)cc1C. The van der Waals surface area contributed by atoms with E-state index >= 15 is 0 Å². The maximum atomic E-state index is 8.86. The topological polar surface area (TPSA) is 89.4 Å². The Kier molecular flexibility index (Phi) is 7.33. The van der Waals surface area contributed by atoms with Crippen LogP contribution in [0.25, 0.3) is 11.3 Å². The van der Waals surface area contributed by atoms with Crippen molar-refractivity contribution in [2.45, 2.75) is 26.7 Å². The van der Waals surface area contributed by atoms with Crippen LogP contribution in [0.1, 0.15) is 34.4 Å². The maximum absolute atomic E-state index is 8.86. The van der Waals surface area contributed by atoms with Crippen molar-refractivity contribution in [1.82, 2.24) is 20.2 Å². The van der Waals surface area contributed by atoms with Crippen molar-refractivity contribution in [1.29, 1.82) is 5.41 Å². The van der Waals surface area contributed by atoms with Gasteiger partial charge in [0.05, 0.1) is 24.2 Å². The molecule has 2 heterocycles. The lowest BCUT2D eigenvalue weighted by atomic mass is 9.86. The third-order valence-corrected chi connectivity index (χ3v) is 7.50. The first-order valence-electron chi connectivity index (χ1n) is 13.2. The highest BCUT2D eigenvalue weighted by Crippen LogP contribution is 2.36. The normalized spacial score (nSPS) is 17.2. The summed E-state index contributed by atoms with van der Waals surface area (Å²) in [7, 11) is 5.76. The minimum atomic E-state index is 0.484. The summed E-state index contributed by atoms with van der Waals surface area (Å²) in [4.78, 5) is 14.3. The van der Waals surface area contributed by atoms with E-state index in [9.17, 15) is 0 Å². The van der Waals surface area contributed by atoms with Gasteiger partial charge in [0.2, 0.25) is 5.95 Å². The van der Waals surface area contributed by atoms with Crippen LogP contribution in [0.15, 0.2) is 42.6 Å². The number of aryl methyl sites for hydroxylation is 3. The van der Waals surface area contributed by atoms with E-state index in [0.29, 0.717) is 18.1 Å². The Morgan fingerprint density at radius 2 is 1.82 bits per heavy atom. The summed E-state index contributed by atoms with van der Waals surface area (Å²) >= 11 is 0. The Morgan fingerprint density at radius 1 is 1.03 bits per heavy atom. The molecule has 8 heteroatoms. The molecule has 1 fully saturated rings. The smallest absolute Gasteiger partial charge is 0.227 e. The van der Waals surface area contributed by atoms with Gasteiger partial charge >= 0.3 is 0 Å². The number of ether oxygens (including phenoxy) is 1. The number of methoxy groups -OCH3 is 1. The minimum Gasteiger partial charge on any atom is -0.494 e. The number of nitrogens with one attached hydrogen (secondary N) is 3. The van der Waals surface area contributed by atoms with Crippen molar-refractivity contribution in [3.05, 3.63) is 70.5 Å². The van der Waals surface area contributed by atoms with E-state index in [0.717, 1.165) is 77.8 Å². The standard InChI is InChI=1S/C30H37N7O/c1-19-6-9-23(20(2)16-19)29(32-3)27-24(31)10-7-21-18-33-30(35-28(21)27)34-25-11-8-22(17-26(25)38-5)37-14-12-36(4)13-15-37/h6,8-9,11,16-18,31-32H,7,10,12-15H2,1-5H3,(H,33,34,35)/b29-27+,31-24?. The van der Waals surface area contributed by atoms with Gasteiger partial charge in [-0.2, -0.15) is 0 Å². The van der Waals surface area contributed by atoms with Crippen molar-refractivity contribution < 1.29 is 4.74 Å². The second-order valence-corrected chi connectivity index (χ2v) is 10.2. The predicted octanol–water partition coefficient (Wildman–Crippen LogP) is 4.65. The van der Waals surface area contributed by atoms with E-state index < -0.39 is 0 Å². The molecule has 0 radical (unpaired) electrons. The Labute approximate surface area is 225 Å². The third-order valence-electron chi connectivity index (χ3n) is 7.50. The average Bonchev–Trinajstić information content (AvgIpc) is 2.92. The van der Waals surface area contributed by atoms with Gasteiger partial charge < -0.3 is 30.6 Å². The molecule has 0 spiro atoms. The van der Waals surface area contributed by atoms with Crippen LogP contribution < -0.4 is 20.3 Å². The van der Waals surface area contributed by atoms with E-state index in [1.807, 2.05) is 19.3 Å². The van der Waals surface area contributed by atoms with Gasteiger partial charge in [0.15, 0.2) is 0 Å². The lowest BCUT2D eigenvalue weighted by molar-refractivity contribution is 0.312. The molecular formula is C30H37N7O. The van der Waals surface area contributed by atoms with Gasteiger partial charge in [0, 0.05) is 68.0 Å². The molecule has 38 heavy (non-hydrogen) atoms. The van der Waals surface area contributed by atoms with Gasteiger partial charge in [-0.3, -0.25) is 0 Å². The van der Waals surface area contributed by atoms with Gasteiger partial charge in [0.25, 0.3) is 0 Å². The van der Waals surface area contributed by atoms with Crippen LogP contribution in [0.5, 0.6) is 5.75 Å². The number of piperazine rings is 1. The lowest BCUT2D eigenvalue weighted by Crippen LogP contribution is -2.44. The summed E-state index contributed by atoms with van der Waals surface area (Å²) in [5.74, 6) is 1.23. The van der Waals surface area contributed by atoms with Crippen LogP contribution in [0, 0.1) is 19.3 Å². The molecule has 198 valence electrons. The zero-order valence-electron chi connectivity index (χ0n) is 23.0. The molecule has 1 aromatic heterocycles. The van der Waals surface area contributed by atoms with Crippen molar-refractivity contribution in [3.8, 4) is 5.75 Å². The average molecular weight is 512 g/mol. The van der Waals surface area contributed by atoms with Crippen LogP contribution in [-0.4, -0.2) is 68.0 Å². The highest BCUT2D eigenvalue weighted by Gasteiger charge is 2.26. The summed E-state index contributed by atoms with van der Waals surface area (Å²) < 4.78 is 5.75. The van der Waals surface area contributed by atoms with Gasteiger partial charge in [-0.25, -0.2) is 9.97 Å². The molecule has 3 N–H and O–H groups in total. The molecular weight excluding hydrogens is 474 g/mol. The van der Waals surface area contributed by atoms with E-state index in [1.165, 1.54) is 11.1 Å². The van der Waals surface area contributed by atoms with Gasteiger partial charge in [-0.1, -0.05) is 23.8 Å². The fraction of sp³-hybridized carbons (Fsp3) is 0.367. The van der Waals surface area contributed by atoms with Crippen molar-refractivity contribution in [3.63, 3.8) is 0 Å². The molecule has 3 aromatic rings. The molecule has 0 amide bonds. The molecule has 5 rings (SSSR count). The largest absolute Gasteiger partial charge is 0.494 e. The van der Waals surface area contributed by atoms with Crippen molar-refractivity contribution in [2.24, 2.45) is 0 Å². The van der Waals surface area contributed by atoms with Gasteiger partial charge in [0.1, 0.15) is 5.75 Å². The van der Waals surface area contributed by atoms with Crippen LogP contribution >= 0.6 is 0 Å². The van der Waals surface area contributed by atoms with E-state index in [1.54, 1.807) is 7.11 Å². The highest BCUT2D eigenvalue weighted by molar-refractivity contribution is 6.29. The number of aromatic nitrogens is 2. The quantitative estimate of drug-likeness (QED) is 0.444. The first-order chi connectivity index (χ1) is 18.4. The minimum absolute atomic E-state index is 0.484. The number of allylic oxidation sites excluding steroid dienone is 1. The number of hydrogen-bond donors (Lipinski definition) is 3. The van der Waals surface area contributed by atoms with Crippen LogP contribution in [0.3, 0.4) is 0 Å². The molecule has 0 unspecified atom stereocenters. The molecule has 0 saturated carbocycles. The molecule has 8 nitrogen and oxygen atoms in total. The Morgan fingerprint density at radius 3 is 2.53 bits per heavy atom. The fourth-order valence-electron chi connectivity index (χ4n) is 5.32. The molecule has 0 atom stereocenters.